The zero-order chi connectivity index (χ0) is 10.4. The van der Waals surface area contributed by atoms with Crippen molar-refractivity contribution in [2.75, 3.05) is 0 Å². The third-order valence-corrected chi connectivity index (χ3v) is 4.89. The van der Waals surface area contributed by atoms with Crippen molar-refractivity contribution in [2.24, 2.45) is 10.8 Å². The van der Waals surface area contributed by atoms with E-state index in [0.29, 0.717) is 6.42 Å². The molecular weight excluding hydrogens is 176 g/mol. The summed E-state index contributed by atoms with van der Waals surface area (Å²) in [6.45, 7) is 5.73. The van der Waals surface area contributed by atoms with Gasteiger partial charge in [-0.15, -0.1) is 0 Å². The molecule has 2 unspecified atom stereocenters. The first-order valence-corrected chi connectivity index (χ1v) is 5.40. The highest BCUT2D eigenvalue weighted by molar-refractivity contribution is 5.52. The molecule has 0 saturated heterocycles. The van der Waals surface area contributed by atoms with Gasteiger partial charge in [0.25, 0.3) is 0 Å². The number of aliphatic hydroxyl groups is 2. The molecule has 14 heavy (non-hydrogen) atoms. The smallest absolute Gasteiger partial charge is 0.0763 e. The Labute approximate surface area is 84.6 Å². The van der Waals surface area contributed by atoms with E-state index in [4.69, 9.17) is 0 Å². The Bertz CT molecular complexity index is 352. The van der Waals surface area contributed by atoms with E-state index in [1.807, 2.05) is 13.8 Å². The lowest BCUT2D eigenvalue weighted by Gasteiger charge is -2.41. The van der Waals surface area contributed by atoms with Crippen LogP contribution in [0.2, 0.25) is 0 Å². The minimum absolute atomic E-state index is 0.178. The summed E-state index contributed by atoms with van der Waals surface area (Å²) < 4.78 is 0. The van der Waals surface area contributed by atoms with E-state index in [1.54, 1.807) is 0 Å². The lowest BCUT2D eigenvalue weighted by atomic mass is 9.68. The van der Waals surface area contributed by atoms with E-state index < -0.39 is 11.2 Å². The van der Waals surface area contributed by atoms with Crippen LogP contribution < -0.4 is 0 Å². The predicted octanol–water partition coefficient (Wildman–Crippen LogP) is 1.62. The van der Waals surface area contributed by atoms with Gasteiger partial charge >= 0.3 is 0 Å². The van der Waals surface area contributed by atoms with E-state index in [9.17, 15) is 10.2 Å². The van der Waals surface area contributed by atoms with Gasteiger partial charge in [0, 0.05) is 10.8 Å². The molecule has 0 aliphatic heterocycles. The fourth-order valence-corrected chi connectivity index (χ4v) is 3.23. The maximum Gasteiger partial charge on any atom is 0.0763 e. The summed E-state index contributed by atoms with van der Waals surface area (Å²) >= 11 is 0. The van der Waals surface area contributed by atoms with Gasteiger partial charge in [-0.25, -0.2) is 0 Å². The molecule has 0 amide bonds. The van der Waals surface area contributed by atoms with E-state index in [0.717, 1.165) is 12.8 Å². The van der Waals surface area contributed by atoms with Crippen molar-refractivity contribution in [3.05, 3.63) is 11.6 Å². The molecule has 1 spiro atoms. The molecule has 3 atom stereocenters. The molecule has 2 fully saturated rings. The fraction of sp³-hybridized carbons (Fsp3) is 0.833. The summed E-state index contributed by atoms with van der Waals surface area (Å²) in [5.74, 6) is 0. The van der Waals surface area contributed by atoms with Gasteiger partial charge in [0.1, 0.15) is 0 Å². The maximum absolute atomic E-state index is 10.3. The number of hydrogen-bond acceptors (Lipinski definition) is 2. The first-order valence-electron chi connectivity index (χ1n) is 5.40. The summed E-state index contributed by atoms with van der Waals surface area (Å²) in [6, 6.07) is 0. The third kappa shape index (κ3) is 0.763. The second-order valence-electron chi connectivity index (χ2n) is 6.29. The van der Waals surface area contributed by atoms with Crippen LogP contribution in [0.1, 0.15) is 40.0 Å². The van der Waals surface area contributed by atoms with Gasteiger partial charge in [-0.05, 0) is 33.1 Å². The predicted molar refractivity (Wildman–Crippen MR) is 53.7 cm³/mol. The zero-order valence-corrected chi connectivity index (χ0v) is 9.09. The van der Waals surface area contributed by atoms with Crippen LogP contribution in [-0.2, 0) is 0 Å². The molecule has 2 nitrogen and oxygen atoms in total. The van der Waals surface area contributed by atoms with Crippen LogP contribution in [0.15, 0.2) is 11.6 Å². The van der Waals surface area contributed by atoms with Crippen LogP contribution in [-0.4, -0.2) is 21.4 Å². The summed E-state index contributed by atoms with van der Waals surface area (Å²) in [7, 11) is 0. The molecule has 0 bridgehead atoms. The van der Waals surface area contributed by atoms with Crippen LogP contribution in [0.4, 0.5) is 0 Å². The minimum atomic E-state index is -0.743. The summed E-state index contributed by atoms with van der Waals surface area (Å²) in [5, 5.41) is 20.4. The van der Waals surface area contributed by atoms with Gasteiger partial charge in [-0.1, -0.05) is 18.6 Å². The molecule has 0 aromatic rings. The SMILES string of the molecule is CC(C)(O)C1(C)C=C2C[C@]23CC3(O)C1. The second-order valence-corrected chi connectivity index (χ2v) is 6.29. The normalized spacial score (nSPS) is 54.5. The Morgan fingerprint density at radius 2 is 2.00 bits per heavy atom. The Kier molecular flexibility index (Phi) is 1.17. The molecule has 3 aliphatic rings. The summed E-state index contributed by atoms with van der Waals surface area (Å²) in [4.78, 5) is 0. The molecule has 3 aliphatic carbocycles. The van der Waals surface area contributed by atoms with Gasteiger partial charge in [-0.2, -0.15) is 0 Å². The molecule has 2 heteroatoms. The van der Waals surface area contributed by atoms with Crippen molar-refractivity contribution < 1.29 is 10.2 Å². The number of rotatable bonds is 1. The van der Waals surface area contributed by atoms with E-state index in [2.05, 4.69) is 13.0 Å². The third-order valence-electron chi connectivity index (χ3n) is 4.89. The zero-order valence-electron chi connectivity index (χ0n) is 9.09. The quantitative estimate of drug-likeness (QED) is 0.623. The first-order chi connectivity index (χ1) is 6.23. The van der Waals surface area contributed by atoms with Crippen molar-refractivity contribution in [2.45, 2.75) is 51.2 Å². The highest BCUT2D eigenvalue weighted by atomic mass is 16.3. The van der Waals surface area contributed by atoms with Crippen molar-refractivity contribution in [3.63, 3.8) is 0 Å². The molecule has 0 heterocycles. The molecule has 2 saturated carbocycles. The lowest BCUT2D eigenvalue weighted by molar-refractivity contribution is -0.0545. The Balaban J connectivity index is 2.03. The molecule has 3 rings (SSSR count). The van der Waals surface area contributed by atoms with Gasteiger partial charge in [-0.3, -0.25) is 0 Å². The van der Waals surface area contributed by atoms with Gasteiger partial charge in [0.2, 0.25) is 0 Å². The van der Waals surface area contributed by atoms with Crippen molar-refractivity contribution in [3.8, 4) is 0 Å². The van der Waals surface area contributed by atoms with Crippen LogP contribution in [0.25, 0.3) is 0 Å². The number of hydrogen-bond donors (Lipinski definition) is 2. The minimum Gasteiger partial charge on any atom is -0.390 e. The van der Waals surface area contributed by atoms with Gasteiger partial charge in [0.15, 0.2) is 0 Å². The van der Waals surface area contributed by atoms with E-state index in [1.165, 1.54) is 5.57 Å². The molecule has 78 valence electrons. The second kappa shape index (κ2) is 1.83. The fourth-order valence-electron chi connectivity index (χ4n) is 3.23. The summed E-state index contributed by atoms with van der Waals surface area (Å²) in [5.41, 5.74) is 0.0837. The lowest BCUT2D eigenvalue weighted by Crippen LogP contribution is -2.44. The van der Waals surface area contributed by atoms with Crippen molar-refractivity contribution in [1.29, 1.82) is 0 Å². The molecule has 0 radical (unpaired) electrons. The van der Waals surface area contributed by atoms with Crippen LogP contribution >= 0.6 is 0 Å². The van der Waals surface area contributed by atoms with Gasteiger partial charge < -0.3 is 10.2 Å². The van der Waals surface area contributed by atoms with Crippen molar-refractivity contribution >= 4 is 0 Å². The Morgan fingerprint density at radius 1 is 1.36 bits per heavy atom. The van der Waals surface area contributed by atoms with Crippen LogP contribution in [0.3, 0.4) is 0 Å². The average Bonchev–Trinajstić information content (AvgIpc) is 2.70. The van der Waals surface area contributed by atoms with Crippen LogP contribution in [0.5, 0.6) is 0 Å². The van der Waals surface area contributed by atoms with Crippen molar-refractivity contribution in [1.82, 2.24) is 0 Å². The highest BCUT2D eigenvalue weighted by Gasteiger charge is 2.80. The Hall–Kier alpha value is -0.340. The maximum atomic E-state index is 10.3. The molecule has 0 aromatic heterocycles. The van der Waals surface area contributed by atoms with E-state index >= 15 is 0 Å². The highest BCUT2D eigenvalue weighted by Crippen LogP contribution is 2.82. The topological polar surface area (TPSA) is 40.5 Å². The van der Waals surface area contributed by atoms with Crippen LogP contribution in [0, 0.1) is 10.8 Å². The average molecular weight is 194 g/mol. The van der Waals surface area contributed by atoms with Gasteiger partial charge in [0.05, 0.1) is 11.2 Å². The largest absolute Gasteiger partial charge is 0.390 e. The molecule has 0 aromatic carbocycles. The van der Waals surface area contributed by atoms with E-state index in [-0.39, 0.29) is 10.8 Å². The molecule has 2 N–H and O–H groups in total. The monoisotopic (exact) mass is 194 g/mol. The first kappa shape index (κ1) is 8.93. The summed E-state index contributed by atoms with van der Waals surface area (Å²) in [6.07, 6.45) is 4.92. The molecular formula is C12H18O2. The Morgan fingerprint density at radius 3 is 2.50 bits per heavy atom. The standard InChI is InChI=1S/C12H18O2/c1-9(2,13)10(3)4-8-5-11(8)7-12(11,14)6-10/h4,13-14H,5-7H2,1-3H3/t10?,11-,12?/m0/s1.